The molecule has 0 aromatic heterocycles. The predicted octanol–water partition coefficient (Wildman–Crippen LogP) is 5.68. The smallest absolute Gasteiger partial charge is 0.469 e. The Balaban J connectivity index is 6.11. The molecule has 7 nitrogen and oxygen atoms in total. The number of halogens is 3. The highest BCUT2D eigenvalue weighted by Crippen LogP contribution is 2.33. The van der Waals surface area contributed by atoms with Crippen LogP contribution >= 0.6 is 0 Å². The number of rotatable bonds is 13. The molecule has 0 radical (unpaired) electrons. The average Bonchev–Trinajstić information content (AvgIpc) is 2.42. The van der Waals surface area contributed by atoms with Gasteiger partial charge < -0.3 is 22.6 Å². The summed E-state index contributed by atoms with van der Waals surface area (Å²) in [5.74, 6) is -3.57. The summed E-state index contributed by atoms with van der Waals surface area (Å²) >= 11 is 0. The minimum Gasteiger partial charge on any atom is -0.478 e. The number of aliphatic carboxylic acids is 2. The minimum atomic E-state index is -4.84. The maximum absolute atomic E-state index is 12.8. The molecule has 0 unspecified atom stereocenters. The lowest BCUT2D eigenvalue weighted by Crippen LogP contribution is -2.60. The van der Waals surface area contributed by atoms with Crippen molar-refractivity contribution in [3.63, 3.8) is 0 Å². The standard InChI is InChI=1S/C18H37F3O7Si4/c1-29(2,3)26-32(27-30(4,5)6,28-31(7,8)9)12-10-11-14(16(22)23)15(17(24)25)13-18(19,20)21/h10-13H2,1-9H3,(H,22,23)(H,24,25)/b15-14+. The third-order valence-corrected chi connectivity index (χ3v) is 15.6. The van der Waals surface area contributed by atoms with Crippen LogP contribution in [-0.2, 0) is 21.9 Å². The van der Waals surface area contributed by atoms with Crippen LogP contribution in [0.2, 0.25) is 65.0 Å². The molecule has 0 aliphatic carbocycles. The van der Waals surface area contributed by atoms with Gasteiger partial charge in [-0.15, -0.1) is 0 Å². The molecule has 0 spiro atoms. The number of carboxylic acids is 2. The largest absolute Gasteiger partial charge is 0.478 e. The van der Waals surface area contributed by atoms with Crippen molar-refractivity contribution in [3.05, 3.63) is 11.1 Å². The van der Waals surface area contributed by atoms with E-state index in [1.807, 2.05) is 58.9 Å². The van der Waals surface area contributed by atoms with Crippen molar-refractivity contribution < 1.29 is 45.3 Å². The van der Waals surface area contributed by atoms with Gasteiger partial charge in [-0.2, -0.15) is 13.2 Å². The average molecular weight is 535 g/mol. The van der Waals surface area contributed by atoms with E-state index in [0.717, 1.165) is 0 Å². The van der Waals surface area contributed by atoms with Crippen molar-refractivity contribution >= 4 is 45.7 Å². The predicted molar refractivity (Wildman–Crippen MR) is 126 cm³/mol. The monoisotopic (exact) mass is 534 g/mol. The minimum absolute atomic E-state index is 0.0714. The Morgan fingerprint density at radius 1 is 0.719 bits per heavy atom. The summed E-state index contributed by atoms with van der Waals surface area (Å²) in [4.78, 5) is 23.0. The van der Waals surface area contributed by atoms with Gasteiger partial charge in [0.25, 0.3) is 0 Å². The van der Waals surface area contributed by atoms with Gasteiger partial charge >= 0.3 is 26.9 Å². The van der Waals surface area contributed by atoms with Crippen LogP contribution in [0.4, 0.5) is 13.2 Å². The van der Waals surface area contributed by atoms with Gasteiger partial charge in [-0.25, -0.2) is 9.59 Å². The first-order chi connectivity index (χ1) is 14.0. The lowest BCUT2D eigenvalue weighted by Gasteiger charge is -2.43. The summed E-state index contributed by atoms with van der Waals surface area (Å²) in [6, 6.07) is 0.196. The van der Waals surface area contributed by atoms with E-state index in [-0.39, 0.29) is 18.9 Å². The highest BCUT2D eigenvalue weighted by atomic mass is 28.5. The van der Waals surface area contributed by atoms with Crippen molar-refractivity contribution in [2.75, 3.05) is 0 Å². The quantitative estimate of drug-likeness (QED) is 0.231. The molecule has 0 aromatic carbocycles. The first-order valence-corrected chi connectivity index (χ1v) is 22.5. The molecule has 188 valence electrons. The topological polar surface area (TPSA) is 102 Å². The van der Waals surface area contributed by atoms with Crippen LogP contribution in [0.25, 0.3) is 0 Å². The third-order valence-electron chi connectivity index (χ3n) is 3.55. The molecule has 0 aliphatic heterocycles. The zero-order valence-electron chi connectivity index (χ0n) is 20.4. The van der Waals surface area contributed by atoms with Crippen molar-refractivity contribution in [2.24, 2.45) is 0 Å². The second-order valence-electron chi connectivity index (χ2n) is 10.5. The second-order valence-corrected chi connectivity index (χ2v) is 27.5. The van der Waals surface area contributed by atoms with Gasteiger partial charge in [0.15, 0.2) is 25.0 Å². The van der Waals surface area contributed by atoms with E-state index < -0.39 is 69.4 Å². The Hall–Kier alpha value is -0.782. The summed E-state index contributed by atoms with van der Waals surface area (Å²) < 4.78 is 57.8. The van der Waals surface area contributed by atoms with E-state index in [0.29, 0.717) is 0 Å². The Labute approximate surface area is 192 Å². The SMILES string of the molecule is C[Si](C)(C)O[Si](CCC/C(C(=O)O)=C(/CC(F)(F)F)C(=O)O)(O[Si](C)(C)C)O[Si](C)(C)C. The van der Waals surface area contributed by atoms with Gasteiger partial charge in [0.1, 0.15) is 0 Å². The Morgan fingerprint density at radius 2 is 1.06 bits per heavy atom. The van der Waals surface area contributed by atoms with Gasteiger partial charge in [0.05, 0.1) is 12.0 Å². The highest BCUT2D eigenvalue weighted by molar-refractivity contribution is 6.90. The molecular weight excluding hydrogens is 498 g/mol. The first-order valence-electron chi connectivity index (χ1n) is 10.3. The van der Waals surface area contributed by atoms with Crippen LogP contribution in [0, 0.1) is 0 Å². The lowest BCUT2D eigenvalue weighted by molar-refractivity contribution is -0.144. The zero-order valence-corrected chi connectivity index (χ0v) is 24.4. The molecule has 0 saturated carbocycles. The van der Waals surface area contributed by atoms with E-state index in [1.165, 1.54) is 0 Å². The lowest BCUT2D eigenvalue weighted by atomic mass is 10.0. The highest BCUT2D eigenvalue weighted by Gasteiger charge is 2.49. The van der Waals surface area contributed by atoms with Crippen LogP contribution < -0.4 is 0 Å². The normalized spacial score (nSPS) is 14.9. The fourth-order valence-corrected chi connectivity index (χ4v) is 17.7. The Bertz CT molecular complexity index is 665. The van der Waals surface area contributed by atoms with Crippen LogP contribution in [0.5, 0.6) is 0 Å². The fraction of sp³-hybridized carbons (Fsp3) is 0.778. The first kappa shape index (κ1) is 31.2. The molecular formula is C18H37F3O7Si4. The molecule has 14 heteroatoms. The van der Waals surface area contributed by atoms with Crippen molar-refractivity contribution in [1.82, 2.24) is 0 Å². The van der Waals surface area contributed by atoms with Crippen molar-refractivity contribution in [1.29, 1.82) is 0 Å². The van der Waals surface area contributed by atoms with Crippen LogP contribution in [0.1, 0.15) is 19.3 Å². The molecule has 2 N–H and O–H groups in total. The number of hydrogen-bond acceptors (Lipinski definition) is 5. The maximum atomic E-state index is 12.8. The number of carbonyl (C=O) groups is 2. The molecule has 0 aromatic rings. The molecule has 0 amide bonds. The number of alkyl halides is 3. The van der Waals surface area contributed by atoms with Gasteiger partial charge in [-0.05, 0) is 71.8 Å². The number of carboxylic acid groups (broad SMARTS) is 2. The van der Waals surface area contributed by atoms with E-state index in [2.05, 4.69) is 0 Å². The van der Waals surface area contributed by atoms with Crippen LogP contribution in [-0.4, -0.2) is 62.1 Å². The van der Waals surface area contributed by atoms with E-state index in [1.54, 1.807) is 0 Å². The summed E-state index contributed by atoms with van der Waals surface area (Å²) in [6.45, 7) is 17.8. The zero-order chi connectivity index (χ0) is 25.8. The molecule has 0 saturated heterocycles. The summed E-state index contributed by atoms with van der Waals surface area (Å²) in [5.41, 5.74) is -1.91. The molecule has 0 bridgehead atoms. The van der Waals surface area contributed by atoms with E-state index in [4.69, 9.17) is 12.3 Å². The van der Waals surface area contributed by atoms with Gasteiger partial charge in [-0.3, -0.25) is 0 Å². The summed E-state index contributed by atoms with van der Waals surface area (Å²) in [5, 5.41) is 18.6. The molecule has 32 heavy (non-hydrogen) atoms. The molecule has 0 atom stereocenters. The van der Waals surface area contributed by atoms with E-state index >= 15 is 0 Å². The van der Waals surface area contributed by atoms with Crippen molar-refractivity contribution in [2.45, 2.75) is 90.4 Å². The fourth-order valence-electron chi connectivity index (χ4n) is 3.00. The Morgan fingerprint density at radius 3 is 1.31 bits per heavy atom. The van der Waals surface area contributed by atoms with Crippen LogP contribution in [0.3, 0.4) is 0 Å². The second kappa shape index (κ2) is 11.1. The molecule has 0 aliphatic rings. The molecule has 0 heterocycles. The van der Waals surface area contributed by atoms with Crippen molar-refractivity contribution in [3.8, 4) is 0 Å². The van der Waals surface area contributed by atoms with Gasteiger partial charge in [0.2, 0.25) is 0 Å². The Kier molecular flexibility index (Phi) is 10.8. The van der Waals surface area contributed by atoms with E-state index in [9.17, 15) is 33.0 Å². The maximum Gasteiger partial charge on any atom is 0.469 e. The third kappa shape index (κ3) is 13.7. The van der Waals surface area contributed by atoms with Gasteiger partial charge in [-0.1, -0.05) is 0 Å². The number of hydrogen-bond donors (Lipinski definition) is 2. The van der Waals surface area contributed by atoms with Crippen LogP contribution in [0.15, 0.2) is 11.1 Å². The van der Waals surface area contributed by atoms with Gasteiger partial charge in [0, 0.05) is 11.6 Å². The summed E-state index contributed by atoms with van der Waals surface area (Å²) in [7, 11) is -9.85. The molecule has 0 fully saturated rings. The summed E-state index contributed by atoms with van der Waals surface area (Å²) in [6.07, 6.45) is -6.94. The molecule has 0 rings (SSSR count).